The first kappa shape index (κ1) is 7.51. The van der Waals surface area contributed by atoms with Crippen molar-refractivity contribution in [2.45, 2.75) is 0 Å². The van der Waals surface area contributed by atoms with Crippen molar-refractivity contribution in [3.8, 4) is 0 Å². The van der Waals surface area contributed by atoms with Crippen LogP contribution in [0.5, 0.6) is 0 Å². The molecule has 1 heteroatoms. The van der Waals surface area contributed by atoms with Gasteiger partial charge in [-0.1, -0.05) is 42.5 Å². The highest BCUT2D eigenvalue weighted by molar-refractivity contribution is 6.05. The lowest BCUT2D eigenvalue weighted by Crippen LogP contribution is -1.70. The number of benzene rings is 1. The van der Waals surface area contributed by atoms with Crippen molar-refractivity contribution >= 4 is 21.7 Å². The number of rotatable bonds is 0. The summed E-state index contributed by atoms with van der Waals surface area (Å²) in [6.07, 6.45) is 1.86. The summed E-state index contributed by atoms with van der Waals surface area (Å²) >= 11 is 0. The van der Waals surface area contributed by atoms with E-state index < -0.39 is 0 Å². The zero-order chi connectivity index (χ0) is 9.38. The first-order valence-electron chi connectivity index (χ1n) is 4.68. The first-order chi connectivity index (χ1) is 6.95. The molecule has 1 heterocycles. The van der Waals surface area contributed by atoms with Crippen molar-refractivity contribution in [1.29, 1.82) is 0 Å². The fourth-order valence-electron chi connectivity index (χ4n) is 1.81. The second-order valence-corrected chi connectivity index (χ2v) is 3.36. The van der Waals surface area contributed by atoms with Gasteiger partial charge in [-0.05, 0) is 11.5 Å². The molecule has 1 nitrogen and oxygen atoms in total. The van der Waals surface area contributed by atoms with Gasteiger partial charge in [-0.15, -0.1) is 0 Å². The monoisotopic (exact) mass is 179 g/mol. The highest BCUT2D eigenvalue weighted by atomic mass is 14.7. The lowest BCUT2D eigenvalue weighted by Gasteiger charge is -1.93. The Morgan fingerprint density at radius 2 is 1.57 bits per heavy atom. The van der Waals surface area contributed by atoms with Gasteiger partial charge in [0.05, 0.1) is 5.52 Å². The predicted molar refractivity (Wildman–Crippen MR) is 59.2 cm³/mol. The van der Waals surface area contributed by atoms with E-state index in [4.69, 9.17) is 0 Å². The van der Waals surface area contributed by atoms with Crippen LogP contribution in [-0.2, 0) is 0 Å². The molecule has 2 aromatic carbocycles. The Morgan fingerprint density at radius 1 is 0.714 bits per heavy atom. The molecule has 0 aliphatic rings. The SMILES string of the molecule is c1ccc2ccc3ccnc3c2cc1. The summed E-state index contributed by atoms with van der Waals surface area (Å²) in [4.78, 5) is 4.37. The van der Waals surface area contributed by atoms with Crippen LogP contribution >= 0.6 is 0 Å². The van der Waals surface area contributed by atoms with Crippen molar-refractivity contribution in [3.05, 3.63) is 54.7 Å². The quantitative estimate of drug-likeness (QED) is 0.515. The molecule has 0 fully saturated rings. The minimum Gasteiger partial charge on any atom is -0.256 e. The number of nitrogens with zero attached hydrogens (tertiary/aromatic N) is 1. The van der Waals surface area contributed by atoms with Gasteiger partial charge in [-0.2, -0.15) is 0 Å². The standard InChI is InChI=1S/C13H9N/c1-2-4-10-6-7-11-8-9-14-13(11)12(10)5-3-1/h1-9H. The molecule has 3 rings (SSSR count). The van der Waals surface area contributed by atoms with Gasteiger partial charge in [0, 0.05) is 17.0 Å². The number of hydrogen-bond donors (Lipinski definition) is 0. The van der Waals surface area contributed by atoms with E-state index in [0.717, 1.165) is 5.52 Å². The van der Waals surface area contributed by atoms with Crippen molar-refractivity contribution < 1.29 is 0 Å². The van der Waals surface area contributed by atoms with Gasteiger partial charge in [0.2, 0.25) is 0 Å². The Bertz CT molecular complexity index is 599. The van der Waals surface area contributed by atoms with Crippen molar-refractivity contribution in [2.24, 2.45) is 0 Å². The maximum absolute atomic E-state index is 4.37. The normalized spacial score (nSPS) is 10.9. The van der Waals surface area contributed by atoms with Gasteiger partial charge in [0.25, 0.3) is 0 Å². The Kier molecular flexibility index (Phi) is 1.51. The van der Waals surface area contributed by atoms with Gasteiger partial charge >= 0.3 is 0 Å². The summed E-state index contributed by atoms with van der Waals surface area (Å²) in [6.45, 7) is 0. The van der Waals surface area contributed by atoms with E-state index in [1.807, 2.05) is 18.3 Å². The third-order valence-corrected chi connectivity index (χ3v) is 2.50. The van der Waals surface area contributed by atoms with Crippen LogP contribution in [0, 0.1) is 0 Å². The van der Waals surface area contributed by atoms with Crippen LogP contribution in [0.3, 0.4) is 0 Å². The zero-order valence-corrected chi connectivity index (χ0v) is 7.64. The van der Waals surface area contributed by atoms with Crippen LogP contribution in [0.4, 0.5) is 0 Å². The second-order valence-electron chi connectivity index (χ2n) is 3.36. The van der Waals surface area contributed by atoms with E-state index in [2.05, 4.69) is 41.4 Å². The molecule has 0 radical (unpaired) electrons. The summed E-state index contributed by atoms with van der Waals surface area (Å²) < 4.78 is 0. The fraction of sp³-hybridized carbons (Fsp3) is 0. The average molecular weight is 179 g/mol. The summed E-state index contributed by atoms with van der Waals surface area (Å²) in [5, 5.41) is 3.67. The summed E-state index contributed by atoms with van der Waals surface area (Å²) in [7, 11) is 0. The molecular formula is C13H9N. The molecule has 0 atom stereocenters. The van der Waals surface area contributed by atoms with Crippen LogP contribution in [0.25, 0.3) is 21.7 Å². The molecule has 14 heavy (non-hydrogen) atoms. The molecule has 0 unspecified atom stereocenters. The second kappa shape index (κ2) is 2.81. The molecule has 3 aromatic rings. The minimum atomic E-state index is 1.10. The molecule has 0 saturated carbocycles. The zero-order valence-electron chi connectivity index (χ0n) is 7.64. The molecule has 0 N–H and O–H groups in total. The third-order valence-electron chi connectivity index (χ3n) is 2.50. The maximum Gasteiger partial charge on any atom is 0.0780 e. The Labute approximate surface area is 82.0 Å². The average Bonchev–Trinajstić information content (AvgIpc) is 2.55. The van der Waals surface area contributed by atoms with Gasteiger partial charge in [0.1, 0.15) is 0 Å². The number of hydrogen-bond acceptors (Lipinski definition) is 1. The van der Waals surface area contributed by atoms with Crippen LogP contribution < -0.4 is 0 Å². The van der Waals surface area contributed by atoms with Gasteiger partial charge in [0.15, 0.2) is 0 Å². The van der Waals surface area contributed by atoms with Crippen LogP contribution in [-0.4, -0.2) is 4.98 Å². The number of fused-ring (bicyclic) bond motifs is 3. The van der Waals surface area contributed by atoms with Crippen LogP contribution in [0.15, 0.2) is 54.7 Å². The van der Waals surface area contributed by atoms with Crippen LogP contribution in [0.1, 0.15) is 0 Å². The van der Waals surface area contributed by atoms with Gasteiger partial charge in [-0.25, -0.2) is 0 Å². The Morgan fingerprint density at radius 3 is 2.57 bits per heavy atom. The highest BCUT2D eigenvalue weighted by Gasteiger charge is 1.99. The lowest BCUT2D eigenvalue weighted by molar-refractivity contribution is 1.49. The van der Waals surface area contributed by atoms with Gasteiger partial charge < -0.3 is 0 Å². The molecule has 0 bridgehead atoms. The maximum atomic E-state index is 4.37. The van der Waals surface area contributed by atoms with Crippen LogP contribution in [0.2, 0.25) is 0 Å². The molecule has 0 aliphatic carbocycles. The van der Waals surface area contributed by atoms with Crippen molar-refractivity contribution in [2.75, 3.05) is 0 Å². The van der Waals surface area contributed by atoms with Gasteiger partial charge in [-0.3, -0.25) is 4.98 Å². The minimum absolute atomic E-state index is 1.10. The van der Waals surface area contributed by atoms with E-state index in [-0.39, 0.29) is 0 Å². The fourth-order valence-corrected chi connectivity index (χ4v) is 1.81. The Balaban J connectivity index is 2.64. The van der Waals surface area contributed by atoms with E-state index in [1.165, 1.54) is 16.2 Å². The summed E-state index contributed by atoms with van der Waals surface area (Å²) in [6, 6.07) is 16.7. The molecule has 0 amide bonds. The first-order valence-corrected chi connectivity index (χ1v) is 4.68. The predicted octanol–water partition coefficient (Wildman–Crippen LogP) is 3.39. The lowest BCUT2D eigenvalue weighted by atomic mass is 10.1. The smallest absolute Gasteiger partial charge is 0.0780 e. The van der Waals surface area contributed by atoms with E-state index in [0.29, 0.717) is 0 Å². The molecule has 0 saturated heterocycles. The summed E-state index contributed by atoms with van der Waals surface area (Å²) in [5.74, 6) is 0. The third kappa shape index (κ3) is 0.990. The largest absolute Gasteiger partial charge is 0.256 e. The van der Waals surface area contributed by atoms with E-state index in [1.54, 1.807) is 0 Å². The van der Waals surface area contributed by atoms with Crippen molar-refractivity contribution in [1.82, 2.24) is 4.98 Å². The molecular weight excluding hydrogens is 170 g/mol. The van der Waals surface area contributed by atoms with E-state index >= 15 is 0 Å². The summed E-state index contributed by atoms with van der Waals surface area (Å²) in [5.41, 5.74) is 1.10. The Hall–Kier alpha value is -1.89. The molecule has 1 aromatic heterocycles. The topological polar surface area (TPSA) is 12.9 Å². The molecule has 0 aliphatic heterocycles. The van der Waals surface area contributed by atoms with Crippen molar-refractivity contribution in [3.63, 3.8) is 0 Å². The molecule has 0 spiro atoms. The number of aromatic nitrogens is 1. The molecule has 66 valence electrons. The van der Waals surface area contributed by atoms with E-state index in [9.17, 15) is 0 Å². The highest BCUT2D eigenvalue weighted by Crippen LogP contribution is 2.22.